The summed E-state index contributed by atoms with van der Waals surface area (Å²) >= 11 is 11.6. The topological polar surface area (TPSA) is 62.2 Å². The number of rotatable bonds is 5. The molecule has 0 radical (unpaired) electrons. The first-order chi connectivity index (χ1) is 14.1. The number of halogens is 5. The van der Waals surface area contributed by atoms with Gasteiger partial charge in [-0.3, -0.25) is 9.59 Å². The fraction of sp³-hybridized carbons (Fsp3) is 0.211. The standard InChI is InChI=1S/C19H14Cl2F3N3O3/c1-9-15(17(28)26(2)11-7-13(20)16(22)14(21)8-11)18(29)27(25-9)10-3-5-12(6-4-10)30-19(23)24/h3-8,15,19H,1-2H3. The third kappa shape index (κ3) is 4.22. The van der Waals surface area contributed by atoms with E-state index >= 15 is 0 Å². The lowest BCUT2D eigenvalue weighted by atomic mass is 10.0. The zero-order valence-corrected chi connectivity index (χ0v) is 17.1. The number of nitrogens with zero attached hydrogens (tertiary/aromatic N) is 3. The van der Waals surface area contributed by atoms with Crippen LogP contribution < -0.4 is 14.6 Å². The Hall–Kier alpha value is -2.78. The predicted octanol–water partition coefficient (Wildman–Crippen LogP) is 4.74. The van der Waals surface area contributed by atoms with Crippen molar-refractivity contribution in [1.29, 1.82) is 0 Å². The summed E-state index contributed by atoms with van der Waals surface area (Å²) in [6.45, 7) is -1.47. The molecule has 0 aromatic heterocycles. The van der Waals surface area contributed by atoms with Crippen molar-refractivity contribution in [2.24, 2.45) is 11.0 Å². The molecule has 2 aromatic rings. The first-order valence-electron chi connectivity index (χ1n) is 8.46. The highest BCUT2D eigenvalue weighted by molar-refractivity contribution is 6.35. The van der Waals surface area contributed by atoms with Crippen LogP contribution >= 0.6 is 23.2 Å². The van der Waals surface area contributed by atoms with Crippen LogP contribution in [0, 0.1) is 11.7 Å². The molecule has 1 unspecified atom stereocenters. The van der Waals surface area contributed by atoms with Crippen molar-refractivity contribution >= 4 is 52.1 Å². The monoisotopic (exact) mass is 459 g/mol. The number of hydrazone groups is 1. The first-order valence-corrected chi connectivity index (χ1v) is 9.21. The van der Waals surface area contributed by atoms with Gasteiger partial charge < -0.3 is 9.64 Å². The molecule has 1 heterocycles. The summed E-state index contributed by atoms with van der Waals surface area (Å²) in [5.41, 5.74) is 0.694. The van der Waals surface area contributed by atoms with Crippen LogP contribution in [0.15, 0.2) is 41.5 Å². The summed E-state index contributed by atoms with van der Waals surface area (Å²) in [5.74, 6) is -3.39. The molecular weight excluding hydrogens is 446 g/mol. The fourth-order valence-corrected chi connectivity index (χ4v) is 3.34. The first kappa shape index (κ1) is 21.9. The molecule has 0 fully saturated rings. The van der Waals surface area contributed by atoms with Gasteiger partial charge in [-0.05, 0) is 43.3 Å². The van der Waals surface area contributed by atoms with Gasteiger partial charge in [-0.25, -0.2) is 4.39 Å². The molecule has 1 aliphatic heterocycles. The predicted molar refractivity (Wildman–Crippen MR) is 107 cm³/mol. The Morgan fingerprint density at radius 1 is 1.20 bits per heavy atom. The maximum Gasteiger partial charge on any atom is 0.387 e. The maximum absolute atomic E-state index is 13.6. The lowest BCUT2D eigenvalue weighted by Crippen LogP contribution is -2.41. The molecule has 0 saturated carbocycles. The van der Waals surface area contributed by atoms with Crippen molar-refractivity contribution in [2.45, 2.75) is 13.5 Å². The minimum atomic E-state index is -2.98. The van der Waals surface area contributed by atoms with E-state index in [1.54, 1.807) is 0 Å². The molecule has 2 aromatic carbocycles. The molecule has 0 N–H and O–H groups in total. The van der Waals surface area contributed by atoms with Gasteiger partial charge in [-0.2, -0.15) is 18.9 Å². The number of benzene rings is 2. The van der Waals surface area contributed by atoms with Gasteiger partial charge in [-0.15, -0.1) is 0 Å². The van der Waals surface area contributed by atoms with Gasteiger partial charge in [0.05, 0.1) is 21.4 Å². The summed E-state index contributed by atoms with van der Waals surface area (Å²) in [5, 5.41) is 4.57. The molecule has 1 atom stereocenters. The lowest BCUT2D eigenvalue weighted by molar-refractivity contribution is -0.128. The molecule has 6 nitrogen and oxygen atoms in total. The summed E-state index contributed by atoms with van der Waals surface area (Å²) in [7, 11) is 1.39. The number of alkyl halides is 2. The number of hydrogen-bond donors (Lipinski definition) is 0. The van der Waals surface area contributed by atoms with E-state index in [9.17, 15) is 22.8 Å². The van der Waals surface area contributed by atoms with Gasteiger partial charge in [-0.1, -0.05) is 23.2 Å². The zero-order chi connectivity index (χ0) is 22.2. The molecule has 1 aliphatic rings. The molecule has 0 bridgehead atoms. The zero-order valence-electron chi connectivity index (χ0n) is 15.6. The molecule has 0 spiro atoms. The van der Waals surface area contributed by atoms with Crippen molar-refractivity contribution in [3.05, 3.63) is 52.3 Å². The molecule has 0 aliphatic carbocycles. The van der Waals surface area contributed by atoms with Gasteiger partial charge in [0, 0.05) is 12.7 Å². The molecule has 0 saturated heterocycles. The van der Waals surface area contributed by atoms with E-state index in [4.69, 9.17) is 23.2 Å². The molecule has 2 amide bonds. The maximum atomic E-state index is 13.6. The number of amides is 2. The number of ether oxygens (including phenoxy) is 1. The van der Waals surface area contributed by atoms with Crippen LogP contribution in [0.25, 0.3) is 0 Å². The normalized spacial score (nSPS) is 16.1. The number of carbonyl (C=O) groups excluding carboxylic acids is 2. The summed E-state index contributed by atoms with van der Waals surface area (Å²) < 4.78 is 42.5. The Morgan fingerprint density at radius 2 is 1.77 bits per heavy atom. The van der Waals surface area contributed by atoms with Crippen LogP contribution in [0.5, 0.6) is 5.75 Å². The van der Waals surface area contributed by atoms with Gasteiger partial charge in [0.15, 0.2) is 11.7 Å². The third-order valence-electron chi connectivity index (χ3n) is 4.37. The fourth-order valence-electron chi connectivity index (χ4n) is 2.86. The SMILES string of the molecule is CC1=NN(c2ccc(OC(F)F)cc2)C(=O)C1C(=O)N(C)c1cc(Cl)c(F)c(Cl)c1. The van der Waals surface area contributed by atoms with Crippen molar-refractivity contribution in [3.8, 4) is 5.75 Å². The van der Waals surface area contributed by atoms with E-state index in [0.717, 1.165) is 9.91 Å². The largest absolute Gasteiger partial charge is 0.435 e. The average molecular weight is 460 g/mol. The van der Waals surface area contributed by atoms with Gasteiger partial charge in [0.25, 0.3) is 5.91 Å². The highest BCUT2D eigenvalue weighted by Gasteiger charge is 2.41. The second-order valence-electron chi connectivity index (χ2n) is 6.32. The smallest absolute Gasteiger partial charge is 0.387 e. The Morgan fingerprint density at radius 3 is 2.30 bits per heavy atom. The van der Waals surface area contributed by atoms with E-state index in [1.165, 1.54) is 50.4 Å². The third-order valence-corrected chi connectivity index (χ3v) is 4.92. The number of carbonyl (C=O) groups is 2. The van der Waals surface area contributed by atoms with Crippen LogP contribution in [0.4, 0.5) is 24.5 Å². The summed E-state index contributed by atoms with van der Waals surface area (Å²) in [6.07, 6.45) is 0. The minimum absolute atomic E-state index is 0.0847. The van der Waals surface area contributed by atoms with Crippen LogP contribution in [0.3, 0.4) is 0 Å². The average Bonchev–Trinajstić information content (AvgIpc) is 2.98. The Balaban J connectivity index is 1.82. The molecule has 30 heavy (non-hydrogen) atoms. The van der Waals surface area contributed by atoms with Crippen LogP contribution in [0.2, 0.25) is 10.0 Å². The van der Waals surface area contributed by atoms with E-state index in [1.807, 2.05) is 0 Å². The van der Waals surface area contributed by atoms with Crippen molar-refractivity contribution in [2.75, 3.05) is 17.0 Å². The van der Waals surface area contributed by atoms with Gasteiger partial charge in [0.2, 0.25) is 5.91 Å². The van der Waals surface area contributed by atoms with Gasteiger partial charge in [0.1, 0.15) is 5.75 Å². The highest BCUT2D eigenvalue weighted by atomic mass is 35.5. The number of hydrogen-bond acceptors (Lipinski definition) is 4. The van der Waals surface area contributed by atoms with Crippen molar-refractivity contribution in [3.63, 3.8) is 0 Å². The number of anilines is 2. The molecular formula is C19H14Cl2F3N3O3. The van der Waals surface area contributed by atoms with Crippen molar-refractivity contribution in [1.82, 2.24) is 0 Å². The van der Waals surface area contributed by atoms with Crippen LogP contribution in [-0.4, -0.2) is 31.2 Å². The second-order valence-corrected chi connectivity index (χ2v) is 7.13. The minimum Gasteiger partial charge on any atom is -0.435 e. The lowest BCUT2D eigenvalue weighted by Gasteiger charge is -2.22. The van der Waals surface area contributed by atoms with Crippen molar-refractivity contribution < 1.29 is 27.5 Å². The molecule has 3 rings (SSSR count). The van der Waals surface area contributed by atoms with E-state index in [-0.39, 0.29) is 32.9 Å². The Bertz CT molecular complexity index is 1010. The molecule has 158 valence electrons. The van der Waals surface area contributed by atoms with Crippen LogP contribution in [0.1, 0.15) is 6.92 Å². The van der Waals surface area contributed by atoms with E-state index in [0.29, 0.717) is 0 Å². The summed E-state index contributed by atoms with van der Waals surface area (Å²) in [6, 6.07) is 7.66. The summed E-state index contributed by atoms with van der Waals surface area (Å²) in [4.78, 5) is 26.9. The van der Waals surface area contributed by atoms with E-state index < -0.39 is 30.2 Å². The van der Waals surface area contributed by atoms with Gasteiger partial charge >= 0.3 is 6.61 Å². The Kier molecular flexibility index (Phi) is 6.23. The quantitative estimate of drug-likeness (QED) is 0.479. The molecule has 11 heteroatoms. The van der Waals surface area contributed by atoms with E-state index in [2.05, 4.69) is 9.84 Å². The Labute approximate surface area is 179 Å². The van der Waals surface area contributed by atoms with Crippen LogP contribution in [-0.2, 0) is 9.59 Å². The second kappa shape index (κ2) is 8.53. The highest BCUT2D eigenvalue weighted by Crippen LogP contribution is 2.31.